The van der Waals surface area contributed by atoms with Crippen molar-refractivity contribution in [2.24, 2.45) is 0 Å². The Kier molecular flexibility index (Phi) is 4.08. The van der Waals surface area contributed by atoms with Gasteiger partial charge in [-0.3, -0.25) is 0 Å². The molecule has 0 spiro atoms. The number of hydrogen-bond donors (Lipinski definition) is 1. The van der Waals surface area contributed by atoms with Gasteiger partial charge in [0, 0.05) is 6.54 Å². The van der Waals surface area contributed by atoms with Crippen molar-refractivity contribution in [2.45, 2.75) is 13.0 Å². The molecular formula is C13H14FNS. The maximum atomic E-state index is 12.9. The quantitative estimate of drug-likeness (QED) is 0.785. The summed E-state index contributed by atoms with van der Waals surface area (Å²) in [5, 5.41) is 7.55. The Morgan fingerprint density at radius 2 is 2.12 bits per heavy atom. The molecule has 16 heavy (non-hydrogen) atoms. The first-order chi connectivity index (χ1) is 7.84. The summed E-state index contributed by atoms with van der Waals surface area (Å²) in [5.74, 6) is -0.157. The van der Waals surface area contributed by atoms with Crippen molar-refractivity contribution in [3.05, 3.63) is 58.0 Å². The lowest BCUT2D eigenvalue weighted by Gasteiger charge is -2.03. The number of thiophene rings is 1. The van der Waals surface area contributed by atoms with E-state index in [0.29, 0.717) is 0 Å². The van der Waals surface area contributed by atoms with Crippen LogP contribution >= 0.6 is 11.3 Å². The second-order valence-electron chi connectivity index (χ2n) is 3.69. The minimum atomic E-state index is -0.157. The molecule has 84 valence electrons. The maximum absolute atomic E-state index is 12.9. The largest absolute Gasteiger partial charge is 0.312 e. The Labute approximate surface area is 98.9 Å². The highest BCUT2D eigenvalue weighted by atomic mass is 32.1. The third kappa shape index (κ3) is 3.43. The van der Waals surface area contributed by atoms with Gasteiger partial charge in [0.25, 0.3) is 0 Å². The molecule has 0 radical (unpaired) electrons. The van der Waals surface area contributed by atoms with E-state index in [2.05, 4.69) is 22.1 Å². The smallest absolute Gasteiger partial charge is 0.123 e. The van der Waals surface area contributed by atoms with Gasteiger partial charge in [-0.05, 0) is 53.1 Å². The Morgan fingerprint density at radius 3 is 2.88 bits per heavy atom. The van der Waals surface area contributed by atoms with Crippen LogP contribution in [-0.2, 0) is 13.0 Å². The van der Waals surface area contributed by atoms with E-state index in [1.165, 1.54) is 11.6 Å². The van der Waals surface area contributed by atoms with Crippen molar-refractivity contribution in [3.63, 3.8) is 0 Å². The minimum absolute atomic E-state index is 0.157. The van der Waals surface area contributed by atoms with Crippen LogP contribution in [0.5, 0.6) is 0 Å². The molecule has 0 fully saturated rings. The van der Waals surface area contributed by atoms with Crippen LogP contribution < -0.4 is 5.32 Å². The lowest BCUT2D eigenvalue weighted by molar-refractivity contribution is 0.622. The van der Waals surface area contributed by atoms with Gasteiger partial charge in [-0.2, -0.15) is 11.3 Å². The molecule has 0 bridgehead atoms. The van der Waals surface area contributed by atoms with Gasteiger partial charge in [0.1, 0.15) is 5.82 Å². The van der Waals surface area contributed by atoms with Crippen LogP contribution in [0.25, 0.3) is 0 Å². The van der Waals surface area contributed by atoms with Crippen molar-refractivity contribution in [2.75, 3.05) is 6.54 Å². The monoisotopic (exact) mass is 235 g/mol. The summed E-state index contributed by atoms with van der Waals surface area (Å²) in [7, 11) is 0. The SMILES string of the molecule is Fc1cccc(CCNCc2ccsc2)c1. The Bertz CT molecular complexity index is 425. The van der Waals surface area contributed by atoms with Crippen LogP contribution in [0, 0.1) is 5.82 Å². The topological polar surface area (TPSA) is 12.0 Å². The summed E-state index contributed by atoms with van der Waals surface area (Å²) >= 11 is 1.71. The van der Waals surface area contributed by atoms with E-state index in [9.17, 15) is 4.39 Å². The Morgan fingerprint density at radius 1 is 1.19 bits per heavy atom. The molecule has 0 unspecified atom stereocenters. The first-order valence-electron chi connectivity index (χ1n) is 5.31. The van der Waals surface area contributed by atoms with Gasteiger partial charge in [-0.25, -0.2) is 4.39 Å². The third-order valence-corrected chi connectivity index (χ3v) is 3.12. The molecule has 0 aliphatic carbocycles. The average Bonchev–Trinajstić information content (AvgIpc) is 2.77. The molecule has 0 aliphatic heterocycles. The number of nitrogens with one attached hydrogen (secondary N) is 1. The first kappa shape index (κ1) is 11.3. The fraction of sp³-hybridized carbons (Fsp3) is 0.231. The molecule has 0 atom stereocenters. The lowest BCUT2D eigenvalue weighted by atomic mass is 10.1. The van der Waals surface area contributed by atoms with E-state index in [1.807, 2.05) is 6.07 Å². The van der Waals surface area contributed by atoms with Gasteiger partial charge >= 0.3 is 0 Å². The predicted octanol–water partition coefficient (Wildman–Crippen LogP) is 3.22. The molecule has 2 rings (SSSR count). The molecule has 3 heteroatoms. The van der Waals surface area contributed by atoms with Crippen molar-refractivity contribution in [3.8, 4) is 0 Å². The van der Waals surface area contributed by atoms with Crippen LogP contribution in [0.2, 0.25) is 0 Å². The second-order valence-corrected chi connectivity index (χ2v) is 4.47. The van der Waals surface area contributed by atoms with Crippen LogP contribution in [0.15, 0.2) is 41.1 Å². The molecule has 0 aliphatic rings. The summed E-state index contributed by atoms with van der Waals surface area (Å²) in [6, 6.07) is 8.88. The van der Waals surface area contributed by atoms with Crippen LogP contribution in [0.4, 0.5) is 4.39 Å². The number of benzene rings is 1. The third-order valence-electron chi connectivity index (χ3n) is 2.39. The second kappa shape index (κ2) is 5.77. The van der Waals surface area contributed by atoms with E-state index >= 15 is 0 Å². The van der Waals surface area contributed by atoms with Crippen LogP contribution in [0.3, 0.4) is 0 Å². The first-order valence-corrected chi connectivity index (χ1v) is 6.25. The van der Waals surface area contributed by atoms with Crippen molar-refractivity contribution in [1.82, 2.24) is 5.32 Å². The van der Waals surface area contributed by atoms with Crippen LogP contribution in [-0.4, -0.2) is 6.54 Å². The predicted molar refractivity (Wildman–Crippen MR) is 66.1 cm³/mol. The normalized spacial score (nSPS) is 10.6. The van der Waals surface area contributed by atoms with E-state index in [4.69, 9.17) is 0 Å². The molecule has 0 saturated heterocycles. The highest BCUT2D eigenvalue weighted by Gasteiger charge is 1.96. The van der Waals surface area contributed by atoms with Crippen molar-refractivity contribution < 1.29 is 4.39 Å². The summed E-state index contributed by atoms with van der Waals surface area (Å²) in [5.41, 5.74) is 2.35. The summed E-state index contributed by atoms with van der Waals surface area (Å²) in [4.78, 5) is 0. The van der Waals surface area contributed by atoms with Crippen molar-refractivity contribution >= 4 is 11.3 Å². The summed E-state index contributed by atoms with van der Waals surface area (Å²) < 4.78 is 12.9. The van der Waals surface area contributed by atoms with Crippen LogP contribution in [0.1, 0.15) is 11.1 Å². The fourth-order valence-corrected chi connectivity index (χ4v) is 2.22. The van der Waals surface area contributed by atoms with Gasteiger partial charge in [-0.15, -0.1) is 0 Å². The van der Waals surface area contributed by atoms with Gasteiger partial charge in [-0.1, -0.05) is 12.1 Å². The molecule has 1 nitrogen and oxygen atoms in total. The Balaban J connectivity index is 1.72. The number of halogens is 1. The zero-order chi connectivity index (χ0) is 11.2. The highest BCUT2D eigenvalue weighted by molar-refractivity contribution is 7.07. The molecule has 0 amide bonds. The lowest BCUT2D eigenvalue weighted by Crippen LogP contribution is -2.16. The molecule has 1 N–H and O–H groups in total. The van der Waals surface area contributed by atoms with Gasteiger partial charge < -0.3 is 5.32 Å². The number of hydrogen-bond acceptors (Lipinski definition) is 2. The average molecular weight is 235 g/mol. The number of rotatable bonds is 5. The zero-order valence-electron chi connectivity index (χ0n) is 8.95. The summed E-state index contributed by atoms with van der Waals surface area (Å²) in [6.07, 6.45) is 0.863. The molecule has 1 heterocycles. The molecule has 0 saturated carbocycles. The molecular weight excluding hydrogens is 221 g/mol. The fourth-order valence-electron chi connectivity index (χ4n) is 1.55. The van der Waals surface area contributed by atoms with E-state index in [0.717, 1.165) is 25.1 Å². The molecule has 1 aromatic heterocycles. The maximum Gasteiger partial charge on any atom is 0.123 e. The van der Waals surface area contributed by atoms with Crippen molar-refractivity contribution in [1.29, 1.82) is 0 Å². The standard InChI is InChI=1S/C13H14FNS/c14-13-3-1-2-11(8-13)4-6-15-9-12-5-7-16-10-12/h1-3,5,7-8,10,15H,4,6,9H2. The highest BCUT2D eigenvalue weighted by Crippen LogP contribution is 2.06. The van der Waals surface area contributed by atoms with E-state index in [1.54, 1.807) is 23.5 Å². The molecule has 2 aromatic rings. The Hall–Kier alpha value is -1.19. The van der Waals surface area contributed by atoms with E-state index in [-0.39, 0.29) is 5.82 Å². The van der Waals surface area contributed by atoms with E-state index < -0.39 is 0 Å². The zero-order valence-corrected chi connectivity index (χ0v) is 9.77. The minimum Gasteiger partial charge on any atom is -0.312 e. The van der Waals surface area contributed by atoms with Gasteiger partial charge in [0.05, 0.1) is 0 Å². The van der Waals surface area contributed by atoms with Gasteiger partial charge in [0.15, 0.2) is 0 Å². The summed E-state index contributed by atoms with van der Waals surface area (Å²) in [6.45, 7) is 1.76. The molecule has 1 aromatic carbocycles. The van der Waals surface area contributed by atoms with Gasteiger partial charge in [0.2, 0.25) is 0 Å².